The highest BCUT2D eigenvalue weighted by molar-refractivity contribution is 6.91. The molecular formula is C40H48N2O6Si. The summed E-state index contributed by atoms with van der Waals surface area (Å²) in [6.07, 6.45) is 4.10. The van der Waals surface area contributed by atoms with Gasteiger partial charge in [0.05, 0.1) is 53.6 Å². The van der Waals surface area contributed by atoms with Crippen LogP contribution in [-0.4, -0.2) is 67.6 Å². The van der Waals surface area contributed by atoms with Crippen molar-refractivity contribution >= 4 is 19.2 Å². The number of hydrogen-bond donors (Lipinski definition) is 1. The van der Waals surface area contributed by atoms with Crippen molar-refractivity contribution in [2.24, 2.45) is 5.92 Å². The van der Waals surface area contributed by atoms with Gasteiger partial charge in [-0.15, -0.1) is 0 Å². The molecular weight excluding hydrogens is 633 g/mol. The maximum absolute atomic E-state index is 14.1. The van der Waals surface area contributed by atoms with Crippen LogP contribution in [0.4, 0.5) is 0 Å². The van der Waals surface area contributed by atoms with Crippen molar-refractivity contribution in [1.82, 2.24) is 9.47 Å². The van der Waals surface area contributed by atoms with E-state index in [1.54, 1.807) is 30.0 Å². The number of ether oxygens (including phenoxy) is 3. The molecule has 1 N–H and O–H groups in total. The topological polar surface area (TPSA) is 90.2 Å². The number of methoxy groups -OCH3 is 2. The van der Waals surface area contributed by atoms with Gasteiger partial charge in [-0.3, -0.25) is 14.2 Å². The number of rotatable bonds is 11. The zero-order valence-electron chi connectivity index (χ0n) is 29.2. The third-order valence-electron chi connectivity index (χ3n) is 10.9. The molecule has 0 spiro atoms. The second-order valence-corrected chi connectivity index (χ2v) is 18.7. The van der Waals surface area contributed by atoms with Gasteiger partial charge >= 0.3 is 0 Å². The fourth-order valence-electron chi connectivity index (χ4n) is 8.14. The average molecular weight is 681 g/mol. The van der Waals surface area contributed by atoms with Gasteiger partial charge in [-0.05, 0) is 83.8 Å². The molecule has 6 rings (SSSR count). The number of nitrogens with zero attached hydrogens (tertiary/aromatic N) is 2. The molecule has 0 aliphatic carbocycles. The number of aliphatic hydroxyl groups excluding tert-OH is 1. The summed E-state index contributed by atoms with van der Waals surface area (Å²) in [5, 5.41) is 11.6. The van der Waals surface area contributed by atoms with Crippen LogP contribution in [0.5, 0.6) is 11.5 Å². The molecule has 2 aliphatic heterocycles. The first kappa shape index (κ1) is 34.7. The number of aryl methyl sites for hydroxylation is 1. The molecule has 0 radical (unpaired) electrons. The van der Waals surface area contributed by atoms with Crippen LogP contribution in [-0.2, 0) is 28.9 Å². The lowest BCUT2D eigenvalue weighted by molar-refractivity contribution is -0.138. The lowest BCUT2D eigenvalue weighted by Gasteiger charge is -2.39. The number of hydrogen-bond acceptors (Lipinski definition) is 6. The normalized spacial score (nSPS) is 22.1. The van der Waals surface area contributed by atoms with Crippen LogP contribution in [0.15, 0.2) is 95.9 Å². The number of benzene rings is 3. The van der Waals surface area contributed by atoms with E-state index in [1.807, 2.05) is 41.3 Å². The van der Waals surface area contributed by atoms with E-state index in [0.717, 1.165) is 35.4 Å². The van der Waals surface area contributed by atoms with Crippen LogP contribution >= 0.6 is 0 Å². The van der Waals surface area contributed by atoms with E-state index in [1.165, 1.54) is 17.9 Å². The number of fused-ring (bicyclic) bond motifs is 1. The van der Waals surface area contributed by atoms with E-state index in [0.29, 0.717) is 25.1 Å². The molecule has 1 fully saturated rings. The summed E-state index contributed by atoms with van der Waals surface area (Å²) in [6.45, 7) is 7.53. The van der Waals surface area contributed by atoms with Crippen molar-refractivity contribution in [2.75, 3.05) is 20.8 Å². The Balaban J connectivity index is 1.22. The summed E-state index contributed by atoms with van der Waals surface area (Å²) in [4.78, 5) is 28.8. The molecule has 5 atom stereocenters. The summed E-state index contributed by atoms with van der Waals surface area (Å²) in [7, 11) is 1.02. The lowest BCUT2D eigenvalue weighted by Crippen LogP contribution is -2.52. The van der Waals surface area contributed by atoms with Gasteiger partial charge in [-0.25, -0.2) is 0 Å². The van der Waals surface area contributed by atoms with Gasteiger partial charge in [0, 0.05) is 18.4 Å². The van der Waals surface area contributed by atoms with Crippen LogP contribution in [0.1, 0.15) is 36.5 Å². The first-order valence-electron chi connectivity index (χ1n) is 17.3. The Morgan fingerprint density at radius 3 is 2.31 bits per heavy atom. The second-order valence-electron chi connectivity index (χ2n) is 14.0. The molecule has 258 valence electrons. The van der Waals surface area contributed by atoms with Crippen LogP contribution in [0, 0.1) is 5.92 Å². The lowest BCUT2D eigenvalue weighted by atomic mass is 9.93. The maximum atomic E-state index is 14.1. The number of aromatic nitrogens is 1. The van der Waals surface area contributed by atoms with Crippen molar-refractivity contribution in [1.29, 1.82) is 0 Å². The molecule has 3 heterocycles. The van der Waals surface area contributed by atoms with Gasteiger partial charge in [0.15, 0.2) is 5.75 Å². The second kappa shape index (κ2) is 14.7. The smallest absolute Gasteiger partial charge is 0.297 e. The summed E-state index contributed by atoms with van der Waals surface area (Å²) >= 11 is 0. The summed E-state index contributed by atoms with van der Waals surface area (Å²) < 4.78 is 19.2. The van der Waals surface area contributed by atoms with Crippen LogP contribution in [0.3, 0.4) is 0 Å². The third kappa shape index (κ3) is 7.11. The van der Waals surface area contributed by atoms with Gasteiger partial charge in [0.1, 0.15) is 5.75 Å². The van der Waals surface area contributed by atoms with Crippen molar-refractivity contribution in [2.45, 2.75) is 76.0 Å². The van der Waals surface area contributed by atoms with Crippen molar-refractivity contribution in [3.05, 3.63) is 118 Å². The minimum Gasteiger partial charge on any atom is -0.497 e. The van der Waals surface area contributed by atoms with Crippen LogP contribution in [0.25, 0.3) is 5.69 Å². The van der Waals surface area contributed by atoms with Gasteiger partial charge in [-0.1, -0.05) is 73.7 Å². The van der Waals surface area contributed by atoms with E-state index >= 15 is 0 Å². The standard InChI is InChI=1S/C40H48N2O6Si/c1-27-35(21-14-28-12-15-31(16-13-28)41-22-8-11-36(47-3)40(41)45)48-37(39(27)49(4,5)34-19-17-33(46-2)18-20-34)24-38(44)42-25-30-10-7-6-9-29(30)23-32(42)26-43/h6-13,15-20,22,27,32,35,37,39,43H,14,21,23-26H2,1-5H3/t27-,32+,35+,37-,39+/m1/s1. The number of amides is 1. The first-order valence-corrected chi connectivity index (χ1v) is 20.3. The molecule has 8 nitrogen and oxygen atoms in total. The minimum absolute atomic E-state index is 0.00998. The predicted molar refractivity (Wildman–Crippen MR) is 195 cm³/mol. The first-order chi connectivity index (χ1) is 23.6. The molecule has 3 aromatic carbocycles. The monoisotopic (exact) mass is 680 g/mol. The molecule has 0 bridgehead atoms. The Kier molecular flexibility index (Phi) is 10.4. The molecule has 0 unspecified atom stereocenters. The highest BCUT2D eigenvalue weighted by Crippen LogP contribution is 2.47. The summed E-state index contributed by atoms with van der Waals surface area (Å²) in [6, 6.07) is 27.9. The molecule has 2 aliphatic rings. The highest BCUT2D eigenvalue weighted by atomic mass is 28.3. The number of carbonyl (C=O) groups is 1. The SMILES string of the molecule is COc1ccc([Si](C)(C)[C@H]2[C@H](C)[C@H](CCc3ccc(-n4cccc(OC)c4=O)cc3)O[C@@H]2CC(=O)N2Cc3ccccc3C[C@H]2CO)cc1. The Hall–Kier alpha value is -4.18. The van der Waals surface area contributed by atoms with Gasteiger partial charge in [-0.2, -0.15) is 0 Å². The van der Waals surface area contributed by atoms with E-state index < -0.39 is 8.07 Å². The Morgan fingerprint density at radius 1 is 0.918 bits per heavy atom. The van der Waals surface area contributed by atoms with E-state index in [4.69, 9.17) is 14.2 Å². The molecule has 0 saturated carbocycles. The third-order valence-corrected chi connectivity index (χ3v) is 15.3. The fourth-order valence-corrected chi connectivity index (χ4v) is 12.2. The van der Waals surface area contributed by atoms with Gasteiger partial charge < -0.3 is 24.2 Å². The number of carbonyl (C=O) groups excluding carboxylic acids is 1. The molecule has 1 saturated heterocycles. The summed E-state index contributed by atoms with van der Waals surface area (Å²) in [5.41, 5.74) is 4.31. The molecule has 1 aromatic heterocycles. The largest absolute Gasteiger partial charge is 0.497 e. The van der Waals surface area contributed by atoms with E-state index in [9.17, 15) is 14.7 Å². The number of pyridine rings is 1. The Labute approximate surface area is 290 Å². The molecule has 9 heteroatoms. The summed E-state index contributed by atoms with van der Waals surface area (Å²) in [5.74, 6) is 1.42. The van der Waals surface area contributed by atoms with Crippen LogP contribution < -0.4 is 20.2 Å². The average Bonchev–Trinajstić information content (AvgIpc) is 3.44. The Morgan fingerprint density at radius 2 is 1.63 bits per heavy atom. The Bertz CT molecular complexity index is 1800. The van der Waals surface area contributed by atoms with Gasteiger partial charge in [0.2, 0.25) is 5.91 Å². The predicted octanol–water partition coefficient (Wildman–Crippen LogP) is 5.51. The maximum Gasteiger partial charge on any atom is 0.297 e. The van der Waals surface area contributed by atoms with Crippen molar-refractivity contribution < 1.29 is 24.1 Å². The van der Waals surface area contributed by atoms with Crippen molar-refractivity contribution in [3.8, 4) is 17.2 Å². The van der Waals surface area contributed by atoms with Crippen molar-refractivity contribution in [3.63, 3.8) is 0 Å². The molecule has 1 amide bonds. The molecule has 4 aromatic rings. The quantitative estimate of drug-likeness (QED) is 0.210. The number of aliphatic hydroxyl groups is 1. The van der Waals surface area contributed by atoms with E-state index in [2.05, 4.69) is 56.4 Å². The zero-order valence-corrected chi connectivity index (χ0v) is 30.2. The molecule has 49 heavy (non-hydrogen) atoms. The fraction of sp³-hybridized carbons (Fsp3) is 0.400. The van der Waals surface area contributed by atoms with Crippen LogP contribution in [0.2, 0.25) is 18.6 Å². The zero-order chi connectivity index (χ0) is 34.7. The van der Waals surface area contributed by atoms with E-state index in [-0.39, 0.29) is 47.8 Å². The minimum atomic E-state index is -2.16. The highest BCUT2D eigenvalue weighted by Gasteiger charge is 2.51. The van der Waals surface area contributed by atoms with Gasteiger partial charge in [0.25, 0.3) is 5.56 Å².